The van der Waals surface area contributed by atoms with E-state index in [1.165, 1.54) is 5.56 Å². The summed E-state index contributed by atoms with van der Waals surface area (Å²) < 4.78 is 5.70. The number of guanidine groups is 1. The maximum absolute atomic E-state index is 12.0. The summed E-state index contributed by atoms with van der Waals surface area (Å²) in [7, 11) is 0. The second-order valence-electron chi connectivity index (χ2n) is 7.79. The van der Waals surface area contributed by atoms with Crippen molar-refractivity contribution in [3.63, 3.8) is 0 Å². The first kappa shape index (κ1) is 25.1. The number of ether oxygens (including phenoxy) is 1. The van der Waals surface area contributed by atoms with Gasteiger partial charge in [-0.1, -0.05) is 42.5 Å². The van der Waals surface area contributed by atoms with E-state index in [4.69, 9.17) is 9.73 Å². The summed E-state index contributed by atoms with van der Waals surface area (Å²) in [6, 6.07) is 16.3. The van der Waals surface area contributed by atoms with Crippen LogP contribution in [0.15, 0.2) is 53.5 Å². The average molecular weight is 536 g/mol. The van der Waals surface area contributed by atoms with Crippen molar-refractivity contribution in [1.82, 2.24) is 10.6 Å². The molecular formula is C24H33IN4O2. The Labute approximate surface area is 202 Å². The van der Waals surface area contributed by atoms with Crippen molar-refractivity contribution in [3.05, 3.63) is 65.2 Å². The second-order valence-corrected chi connectivity index (χ2v) is 7.79. The average Bonchev–Trinajstić information content (AvgIpc) is 2.74. The molecule has 7 heteroatoms. The van der Waals surface area contributed by atoms with Crippen LogP contribution >= 0.6 is 24.0 Å². The molecule has 2 aromatic carbocycles. The maximum Gasteiger partial charge on any atom is 0.225 e. The molecule has 1 aliphatic rings. The molecule has 2 aromatic rings. The molecule has 0 saturated carbocycles. The van der Waals surface area contributed by atoms with Crippen LogP contribution in [0.4, 0.5) is 5.69 Å². The van der Waals surface area contributed by atoms with Gasteiger partial charge in [0, 0.05) is 31.1 Å². The third-order valence-electron chi connectivity index (χ3n) is 4.96. The first-order valence-corrected chi connectivity index (χ1v) is 10.7. The van der Waals surface area contributed by atoms with Gasteiger partial charge in [0.15, 0.2) is 5.96 Å². The largest absolute Gasteiger partial charge is 0.374 e. The zero-order valence-corrected chi connectivity index (χ0v) is 20.8. The first-order valence-electron chi connectivity index (χ1n) is 10.7. The molecule has 0 saturated heterocycles. The van der Waals surface area contributed by atoms with Gasteiger partial charge in [0.25, 0.3) is 0 Å². The van der Waals surface area contributed by atoms with E-state index < -0.39 is 0 Å². The van der Waals surface area contributed by atoms with Crippen LogP contribution in [0, 0.1) is 0 Å². The minimum absolute atomic E-state index is 0. The third-order valence-corrected chi connectivity index (χ3v) is 4.96. The lowest BCUT2D eigenvalue weighted by Gasteiger charge is -2.26. The van der Waals surface area contributed by atoms with E-state index in [-0.39, 0.29) is 41.9 Å². The van der Waals surface area contributed by atoms with Crippen LogP contribution in [0.25, 0.3) is 0 Å². The van der Waals surface area contributed by atoms with E-state index in [0.29, 0.717) is 26.1 Å². The smallest absolute Gasteiger partial charge is 0.225 e. The molecule has 0 fully saturated rings. The van der Waals surface area contributed by atoms with Crippen LogP contribution in [0.2, 0.25) is 0 Å². The number of halogens is 1. The Morgan fingerprint density at radius 3 is 2.71 bits per heavy atom. The van der Waals surface area contributed by atoms with Crippen molar-refractivity contribution in [2.75, 3.05) is 18.4 Å². The monoisotopic (exact) mass is 536 g/mol. The number of carbonyl (C=O) groups is 1. The lowest BCUT2D eigenvalue weighted by Crippen LogP contribution is -2.40. The highest BCUT2D eigenvalue weighted by molar-refractivity contribution is 14.0. The van der Waals surface area contributed by atoms with E-state index in [9.17, 15) is 4.79 Å². The SMILES string of the molecule is CCNC(=NCc1cccc(COC(C)C)c1)NCC1CC(=O)Nc2ccccc21.I. The first-order chi connectivity index (χ1) is 14.5. The summed E-state index contributed by atoms with van der Waals surface area (Å²) in [6.45, 7) is 8.73. The highest BCUT2D eigenvalue weighted by atomic mass is 127. The van der Waals surface area contributed by atoms with Gasteiger partial charge in [0.05, 0.1) is 19.3 Å². The molecule has 3 rings (SSSR count). The van der Waals surface area contributed by atoms with E-state index in [1.807, 2.05) is 45.0 Å². The van der Waals surface area contributed by atoms with Crippen LogP contribution in [-0.4, -0.2) is 31.1 Å². The molecular weight excluding hydrogens is 503 g/mol. The Balaban J connectivity index is 0.00000341. The minimum Gasteiger partial charge on any atom is -0.374 e. The number of benzene rings is 2. The number of nitrogens with one attached hydrogen (secondary N) is 3. The molecule has 0 radical (unpaired) electrons. The lowest BCUT2D eigenvalue weighted by molar-refractivity contribution is -0.116. The van der Waals surface area contributed by atoms with Gasteiger partial charge in [0.1, 0.15) is 0 Å². The van der Waals surface area contributed by atoms with Gasteiger partial charge in [0.2, 0.25) is 5.91 Å². The molecule has 168 valence electrons. The molecule has 1 unspecified atom stereocenters. The van der Waals surface area contributed by atoms with Gasteiger partial charge < -0.3 is 20.7 Å². The van der Waals surface area contributed by atoms with Gasteiger partial charge in [-0.2, -0.15) is 0 Å². The van der Waals surface area contributed by atoms with E-state index >= 15 is 0 Å². The Morgan fingerprint density at radius 1 is 1.16 bits per heavy atom. The van der Waals surface area contributed by atoms with Crippen molar-refractivity contribution < 1.29 is 9.53 Å². The number of anilines is 1. The summed E-state index contributed by atoms with van der Waals surface area (Å²) in [5.41, 5.74) is 4.36. The van der Waals surface area contributed by atoms with Crippen molar-refractivity contribution in [3.8, 4) is 0 Å². The quantitative estimate of drug-likeness (QED) is 0.266. The summed E-state index contributed by atoms with van der Waals surface area (Å²) in [5, 5.41) is 9.66. The molecule has 0 spiro atoms. The molecule has 0 aliphatic carbocycles. The van der Waals surface area contributed by atoms with Crippen molar-refractivity contribution in [1.29, 1.82) is 0 Å². The van der Waals surface area contributed by atoms with Crippen LogP contribution in [0.1, 0.15) is 49.8 Å². The van der Waals surface area contributed by atoms with Gasteiger partial charge >= 0.3 is 0 Å². The molecule has 1 aliphatic heterocycles. The predicted octanol–water partition coefficient (Wildman–Crippen LogP) is 4.41. The second kappa shape index (κ2) is 12.7. The highest BCUT2D eigenvalue weighted by Crippen LogP contribution is 2.31. The molecule has 3 N–H and O–H groups in total. The number of hydrogen-bond donors (Lipinski definition) is 3. The standard InChI is InChI=1S/C24H32N4O2.HI/c1-4-25-24(26-14-18-8-7-9-19(12-18)16-30-17(2)3)27-15-20-13-23(29)28-22-11-6-5-10-21(20)22;/h5-12,17,20H,4,13-16H2,1-3H3,(H,28,29)(H2,25,26,27);1H. The predicted molar refractivity (Wildman–Crippen MR) is 137 cm³/mol. The Hall–Kier alpha value is -2.13. The van der Waals surface area contributed by atoms with Crippen LogP contribution in [0.3, 0.4) is 0 Å². The van der Waals surface area contributed by atoms with Gasteiger partial charge in [-0.15, -0.1) is 24.0 Å². The zero-order chi connectivity index (χ0) is 21.3. The number of rotatable bonds is 8. The third kappa shape index (κ3) is 7.81. The molecule has 1 amide bonds. The van der Waals surface area contributed by atoms with Crippen LogP contribution in [0.5, 0.6) is 0 Å². The minimum atomic E-state index is 0. The number of para-hydroxylation sites is 1. The molecule has 31 heavy (non-hydrogen) atoms. The van der Waals surface area contributed by atoms with Gasteiger partial charge in [-0.3, -0.25) is 4.79 Å². The molecule has 0 bridgehead atoms. The van der Waals surface area contributed by atoms with Crippen LogP contribution < -0.4 is 16.0 Å². The highest BCUT2D eigenvalue weighted by Gasteiger charge is 2.24. The molecule has 6 nitrogen and oxygen atoms in total. The summed E-state index contributed by atoms with van der Waals surface area (Å²) in [6.07, 6.45) is 0.685. The normalized spacial score (nSPS) is 15.7. The maximum atomic E-state index is 12.0. The van der Waals surface area contributed by atoms with E-state index in [0.717, 1.165) is 29.3 Å². The molecule has 1 atom stereocenters. The molecule has 1 heterocycles. The van der Waals surface area contributed by atoms with Gasteiger partial charge in [-0.25, -0.2) is 4.99 Å². The summed E-state index contributed by atoms with van der Waals surface area (Å²) >= 11 is 0. The fraction of sp³-hybridized carbons (Fsp3) is 0.417. The number of nitrogens with zero attached hydrogens (tertiary/aromatic N) is 1. The Kier molecular flexibility index (Phi) is 10.3. The van der Waals surface area contributed by atoms with Gasteiger partial charge in [-0.05, 0) is 43.5 Å². The van der Waals surface area contributed by atoms with Crippen molar-refractivity contribution >= 4 is 41.5 Å². The van der Waals surface area contributed by atoms with E-state index in [2.05, 4.69) is 40.2 Å². The summed E-state index contributed by atoms with van der Waals surface area (Å²) in [4.78, 5) is 16.8. The fourth-order valence-corrected chi connectivity index (χ4v) is 3.50. The Bertz CT molecular complexity index is 885. The van der Waals surface area contributed by atoms with Crippen molar-refractivity contribution in [2.45, 2.75) is 52.4 Å². The number of fused-ring (bicyclic) bond motifs is 1. The zero-order valence-electron chi connectivity index (χ0n) is 18.5. The number of carbonyl (C=O) groups excluding carboxylic acids is 1. The Morgan fingerprint density at radius 2 is 1.94 bits per heavy atom. The topological polar surface area (TPSA) is 74.8 Å². The number of amides is 1. The van der Waals surface area contributed by atoms with Crippen molar-refractivity contribution in [2.24, 2.45) is 4.99 Å². The molecule has 0 aromatic heterocycles. The lowest BCUT2D eigenvalue weighted by atomic mass is 9.90. The number of aliphatic imine (C=N–C) groups is 1. The summed E-state index contributed by atoms with van der Waals surface area (Å²) in [5.74, 6) is 0.933. The van der Waals surface area contributed by atoms with Crippen LogP contribution in [-0.2, 0) is 22.7 Å². The number of hydrogen-bond acceptors (Lipinski definition) is 3. The van der Waals surface area contributed by atoms with E-state index in [1.54, 1.807) is 0 Å². The fourth-order valence-electron chi connectivity index (χ4n) is 3.50.